The number of anilines is 1. The first-order valence-corrected chi connectivity index (χ1v) is 7.17. The van der Waals surface area contributed by atoms with Gasteiger partial charge in [0.15, 0.2) is 9.84 Å². The number of sulfone groups is 1. The van der Waals surface area contributed by atoms with Crippen LogP contribution in [0.1, 0.15) is 18.4 Å². The predicted molar refractivity (Wildman–Crippen MR) is 64.3 cm³/mol. The molecule has 0 amide bonds. The fourth-order valence-corrected chi connectivity index (χ4v) is 3.64. The monoisotopic (exact) mass is 240 g/mol. The maximum absolute atomic E-state index is 11.6. The summed E-state index contributed by atoms with van der Waals surface area (Å²) >= 11 is 0. The molecule has 5 heteroatoms. The Morgan fingerprint density at radius 3 is 2.88 bits per heavy atom. The van der Waals surface area contributed by atoms with Crippen LogP contribution in [0.3, 0.4) is 0 Å². The van der Waals surface area contributed by atoms with E-state index in [-0.39, 0.29) is 5.25 Å². The van der Waals surface area contributed by atoms with E-state index in [1.165, 1.54) is 0 Å². The molecule has 1 fully saturated rings. The van der Waals surface area contributed by atoms with Crippen molar-refractivity contribution in [1.29, 1.82) is 0 Å². The summed E-state index contributed by atoms with van der Waals surface area (Å²) in [6, 6.07) is 3.83. The van der Waals surface area contributed by atoms with Gasteiger partial charge in [-0.15, -0.1) is 0 Å². The molecule has 1 aliphatic rings. The zero-order chi connectivity index (χ0) is 11.6. The predicted octanol–water partition coefficient (Wildman–Crippen LogP) is 1.38. The Labute approximate surface area is 96.0 Å². The number of rotatable bonds is 3. The summed E-state index contributed by atoms with van der Waals surface area (Å²) in [5.74, 6) is 1.08. The van der Waals surface area contributed by atoms with Crippen molar-refractivity contribution in [3.05, 3.63) is 23.9 Å². The standard InChI is InChI=1S/C11H16N2O2S/c1-9-4-5-11(12-7-9)13-8-10-3-2-6-16(10,14)15/h4-5,7,10H,2-3,6,8H2,1H3,(H,12,13). The van der Waals surface area contributed by atoms with Crippen LogP contribution in [-0.2, 0) is 9.84 Å². The van der Waals surface area contributed by atoms with Crippen LogP contribution in [0.2, 0.25) is 0 Å². The lowest BCUT2D eigenvalue weighted by Crippen LogP contribution is -2.25. The SMILES string of the molecule is Cc1ccc(NCC2CCCS2(=O)=O)nc1. The third-order valence-electron chi connectivity index (χ3n) is 2.89. The molecule has 4 nitrogen and oxygen atoms in total. The van der Waals surface area contributed by atoms with E-state index in [0.717, 1.165) is 24.2 Å². The molecule has 1 aliphatic heterocycles. The highest BCUT2D eigenvalue weighted by atomic mass is 32.2. The minimum absolute atomic E-state index is 0.240. The molecule has 0 bridgehead atoms. The van der Waals surface area contributed by atoms with E-state index in [1.54, 1.807) is 6.20 Å². The first kappa shape index (κ1) is 11.4. The van der Waals surface area contributed by atoms with Gasteiger partial charge >= 0.3 is 0 Å². The second-order valence-electron chi connectivity index (χ2n) is 4.23. The molecule has 0 saturated carbocycles. The maximum atomic E-state index is 11.6. The molecule has 1 N–H and O–H groups in total. The van der Waals surface area contributed by atoms with Crippen LogP contribution in [0, 0.1) is 6.92 Å². The van der Waals surface area contributed by atoms with Gasteiger partial charge in [0.05, 0.1) is 11.0 Å². The molecule has 1 aromatic heterocycles. The third-order valence-corrected chi connectivity index (χ3v) is 5.16. The molecule has 2 rings (SSSR count). The van der Waals surface area contributed by atoms with E-state index in [4.69, 9.17) is 0 Å². The minimum Gasteiger partial charge on any atom is -0.369 e. The van der Waals surface area contributed by atoms with Gasteiger partial charge < -0.3 is 5.32 Å². The van der Waals surface area contributed by atoms with Crippen LogP contribution in [0.4, 0.5) is 5.82 Å². The quantitative estimate of drug-likeness (QED) is 0.867. The molecular weight excluding hydrogens is 224 g/mol. The van der Waals surface area contributed by atoms with E-state index in [2.05, 4.69) is 10.3 Å². The van der Waals surface area contributed by atoms with Crippen molar-refractivity contribution in [3.63, 3.8) is 0 Å². The average molecular weight is 240 g/mol. The average Bonchev–Trinajstić information content (AvgIpc) is 2.57. The number of pyridine rings is 1. The van der Waals surface area contributed by atoms with Crippen LogP contribution >= 0.6 is 0 Å². The van der Waals surface area contributed by atoms with Gasteiger partial charge in [0.2, 0.25) is 0 Å². The lowest BCUT2D eigenvalue weighted by Gasteiger charge is -2.11. The maximum Gasteiger partial charge on any atom is 0.154 e. The number of hydrogen-bond acceptors (Lipinski definition) is 4. The Morgan fingerprint density at radius 1 is 1.50 bits per heavy atom. The van der Waals surface area contributed by atoms with Crippen molar-refractivity contribution < 1.29 is 8.42 Å². The van der Waals surface area contributed by atoms with Crippen molar-refractivity contribution in [1.82, 2.24) is 4.98 Å². The zero-order valence-corrected chi connectivity index (χ0v) is 10.1. The zero-order valence-electron chi connectivity index (χ0n) is 9.31. The molecule has 1 unspecified atom stereocenters. The highest BCUT2D eigenvalue weighted by Crippen LogP contribution is 2.20. The van der Waals surface area contributed by atoms with Crippen molar-refractivity contribution in [2.75, 3.05) is 17.6 Å². The number of aromatic nitrogens is 1. The largest absolute Gasteiger partial charge is 0.369 e. The Hall–Kier alpha value is -1.10. The van der Waals surface area contributed by atoms with Gasteiger partial charge in [-0.1, -0.05) is 6.07 Å². The summed E-state index contributed by atoms with van der Waals surface area (Å²) in [5, 5.41) is 2.84. The van der Waals surface area contributed by atoms with E-state index in [0.29, 0.717) is 12.3 Å². The molecule has 1 aromatic rings. The highest BCUT2D eigenvalue weighted by Gasteiger charge is 2.30. The summed E-state index contributed by atoms with van der Waals surface area (Å²) in [4.78, 5) is 4.18. The Balaban J connectivity index is 1.95. The lowest BCUT2D eigenvalue weighted by molar-refractivity contribution is 0.591. The second-order valence-corrected chi connectivity index (χ2v) is 6.63. The van der Waals surface area contributed by atoms with E-state index >= 15 is 0 Å². The minimum atomic E-state index is -2.86. The number of hydrogen-bond donors (Lipinski definition) is 1. The van der Waals surface area contributed by atoms with Crippen LogP contribution in [-0.4, -0.2) is 30.9 Å². The van der Waals surface area contributed by atoms with E-state index in [1.807, 2.05) is 19.1 Å². The molecular formula is C11H16N2O2S. The second kappa shape index (κ2) is 4.41. The van der Waals surface area contributed by atoms with Crippen molar-refractivity contribution >= 4 is 15.7 Å². The van der Waals surface area contributed by atoms with Gasteiger partial charge in [-0.2, -0.15) is 0 Å². The summed E-state index contributed by atoms with van der Waals surface area (Å²) < 4.78 is 23.2. The molecule has 0 aromatic carbocycles. The molecule has 2 heterocycles. The topological polar surface area (TPSA) is 59.1 Å². The van der Waals surface area contributed by atoms with Gasteiger partial charge in [0, 0.05) is 12.7 Å². The third kappa shape index (κ3) is 2.52. The fourth-order valence-electron chi connectivity index (χ4n) is 1.88. The summed E-state index contributed by atoms with van der Waals surface area (Å²) in [6.45, 7) is 2.44. The highest BCUT2D eigenvalue weighted by molar-refractivity contribution is 7.92. The molecule has 88 valence electrons. The fraction of sp³-hybridized carbons (Fsp3) is 0.545. The summed E-state index contributed by atoms with van der Waals surface area (Å²) in [5.41, 5.74) is 1.10. The van der Waals surface area contributed by atoms with Gasteiger partial charge in [0.25, 0.3) is 0 Å². The van der Waals surface area contributed by atoms with Crippen molar-refractivity contribution in [3.8, 4) is 0 Å². The number of nitrogens with one attached hydrogen (secondary N) is 1. The van der Waals surface area contributed by atoms with E-state index in [9.17, 15) is 8.42 Å². The normalized spacial score (nSPS) is 23.2. The van der Waals surface area contributed by atoms with Crippen LogP contribution in [0.15, 0.2) is 18.3 Å². The van der Waals surface area contributed by atoms with Gasteiger partial charge in [-0.3, -0.25) is 0 Å². The van der Waals surface area contributed by atoms with Gasteiger partial charge in [-0.05, 0) is 31.4 Å². The molecule has 1 atom stereocenters. The van der Waals surface area contributed by atoms with Crippen LogP contribution < -0.4 is 5.32 Å². The van der Waals surface area contributed by atoms with Crippen LogP contribution in [0.25, 0.3) is 0 Å². The lowest BCUT2D eigenvalue weighted by atomic mass is 10.2. The van der Waals surface area contributed by atoms with Crippen LogP contribution in [0.5, 0.6) is 0 Å². The molecule has 16 heavy (non-hydrogen) atoms. The van der Waals surface area contributed by atoms with Crippen molar-refractivity contribution in [2.45, 2.75) is 25.0 Å². The molecule has 0 radical (unpaired) electrons. The molecule has 0 spiro atoms. The molecule has 0 aliphatic carbocycles. The van der Waals surface area contributed by atoms with Gasteiger partial charge in [0.1, 0.15) is 5.82 Å². The first-order chi connectivity index (χ1) is 7.58. The number of aryl methyl sites for hydroxylation is 1. The Kier molecular flexibility index (Phi) is 3.14. The summed E-state index contributed by atoms with van der Waals surface area (Å²) in [6.07, 6.45) is 3.32. The van der Waals surface area contributed by atoms with E-state index < -0.39 is 9.84 Å². The summed E-state index contributed by atoms with van der Waals surface area (Å²) in [7, 11) is -2.86. The first-order valence-electron chi connectivity index (χ1n) is 5.46. The Bertz CT molecular complexity index is 453. The van der Waals surface area contributed by atoms with Crippen molar-refractivity contribution in [2.24, 2.45) is 0 Å². The number of nitrogens with zero attached hydrogens (tertiary/aromatic N) is 1. The Morgan fingerprint density at radius 2 is 2.31 bits per heavy atom. The smallest absolute Gasteiger partial charge is 0.154 e. The molecule has 1 saturated heterocycles. The van der Waals surface area contributed by atoms with Gasteiger partial charge in [-0.25, -0.2) is 13.4 Å².